The van der Waals surface area contributed by atoms with Gasteiger partial charge in [0.15, 0.2) is 5.78 Å². The molecule has 22 heavy (non-hydrogen) atoms. The lowest BCUT2D eigenvalue weighted by molar-refractivity contribution is -0.117. The van der Waals surface area contributed by atoms with Crippen LogP contribution in [0.1, 0.15) is 52.5 Å². The molecule has 0 bridgehead atoms. The molecule has 1 aromatic rings. The zero-order valence-electron chi connectivity index (χ0n) is 13.9. The summed E-state index contributed by atoms with van der Waals surface area (Å²) in [7, 11) is 0. The summed E-state index contributed by atoms with van der Waals surface area (Å²) in [6.07, 6.45) is 2.07. The van der Waals surface area contributed by atoms with Gasteiger partial charge in [-0.25, -0.2) is 0 Å². The Morgan fingerprint density at radius 1 is 1.27 bits per heavy atom. The number of ketones is 1. The lowest BCUT2D eigenvalue weighted by atomic mass is 9.73. The smallest absolute Gasteiger partial charge is 0.168 e. The van der Waals surface area contributed by atoms with E-state index >= 15 is 0 Å². The molecule has 0 amide bonds. The lowest BCUT2D eigenvalue weighted by Gasteiger charge is -2.32. The maximum absolute atomic E-state index is 12.6. The summed E-state index contributed by atoms with van der Waals surface area (Å²) in [6, 6.07) is 9.38. The quantitative estimate of drug-likeness (QED) is 0.656. The predicted molar refractivity (Wildman–Crippen MR) is 91.2 cm³/mol. The molecule has 1 aliphatic carbocycles. The van der Waals surface area contributed by atoms with Crippen LogP contribution in [0, 0.1) is 5.41 Å². The molecular formula is C19H25NO2. The van der Waals surface area contributed by atoms with Crippen LogP contribution in [0.25, 0.3) is 5.76 Å². The Bertz CT molecular complexity index is 612. The third-order valence-electron chi connectivity index (χ3n) is 4.10. The normalized spacial score (nSPS) is 23.5. The zero-order valence-corrected chi connectivity index (χ0v) is 13.9. The largest absolute Gasteiger partial charge is 0.506 e. The number of Topliss-reactive ketones (excluding diaryl/α,β-unsaturated/α-hetero) is 1. The highest BCUT2D eigenvalue weighted by Crippen LogP contribution is 2.37. The number of hydrogen-bond donors (Lipinski definition) is 1. The van der Waals surface area contributed by atoms with E-state index in [0.717, 1.165) is 18.6 Å². The molecule has 0 aromatic heterocycles. The number of benzene rings is 1. The van der Waals surface area contributed by atoms with Crippen LogP contribution in [0.3, 0.4) is 0 Å². The summed E-state index contributed by atoms with van der Waals surface area (Å²) in [4.78, 5) is 17.3. The van der Waals surface area contributed by atoms with E-state index in [1.807, 2.05) is 37.3 Å². The standard InChI is InChI=1S/C19H25NO2/c1-5-13(2)20-15-11-19(3,4)12-16(21)17(15)18(22)14-9-7-6-8-10-14/h6-10,13,22H,5,11-12H2,1-4H3/b18-17+,20-15?. The van der Waals surface area contributed by atoms with Crippen LogP contribution in [0.5, 0.6) is 0 Å². The molecule has 1 unspecified atom stereocenters. The van der Waals surface area contributed by atoms with Gasteiger partial charge in [0.25, 0.3) is 0 Å². The van der Waals surface area contributed by atoms with Crippen molar-refractivity contribution >= 4 is 17.3 Å². The lowest BCUT2D eigenvalue weighted by Crippen LogP contribution is -2.33. The minimum atomic E-state index is -0.107. The van der Waals surface area contributed by atoms with Crippen LogP contribution in [-0.4, -0.2) is 22.6 Å². The van der Waals surface area contributed by atoms with Gasteiger partial charge in [-0.1, -0.05) is 51.1 Å². The number of carbonyl (C=O) groups is 1. The Labute approximate surface area is 132 Å². The van der Waals surface area contributed by atoms with Gasteiger partial charge >= 0.3 is 0 Å². The first kappa shape index (κ1) is 16.5. The Balaban J connectivity index is 2.54. The van der Waals surface area contributed by atoms with Crippen LogP contribution in [0.2, 0.25) is 0 Å². The minimum Gasteiger partial charge on any atom is -0.506 e. The van der Waals surface area contributed by atoms with Crippen LogP contribution in [0.4, 0.5) is 0 Å². The highest BCUT2D eigenvalue weighted by atomic mass is 16.3. The van der Waals surface area contributed by atoms with Gasteiger partial charge in [-0.3, -0.25) is 9.79 Å². The van der Waals surface area contributed by atoms with Crippen LogP contribution in [-0.2, 0) is 4.79 Å². The van der Waals surface area contributed by atoms with Gasteiger partial charge in [-0.2, -0.15) is 0 Å². The fraction of sp³-hybridized carbons (Fsp3) is 0.474. The van der Waals surface area contributed by atoms with Gasteiger partial charge in [-0.05, 0) is 25.2 Å². The fourth-order valence-electron chi connectivity index (χ4n) is 2.76. The molecule has 1 N–H and O–H groups in total. The number of aliphatic hydroxyl groups is 1. The number of allylic oxidation sites excluding steroid dienone is 1. The van der Waals surface area contributed by atoms with E-state index in [-0.39, 0.29) is 23.0 Å². The van der Waals surface area contributed by atoms with Crippen molar-refractivity contribution in [3.8, 4) is 0 Å². The van der Waals surface area contributed by atoms with Crippen LogP contribution < -0.4 is 0 Å². The third kappa shape index (κ3) is 3.65. The van der Waals surface area contributed by atoms with Gasteiger partial charge in [0.05, 0.1) is 11.3 Å². The van der Waals surface area contributed by atoms with Crippen molar-refractivity contribution in [2.24, 2.45) is 10.4 Å². The molecule has 2 rings (SSSR count). The van der Waals surface area contributed by atoms with Crippen molar-refractivity contribution in [3.63, 3.8) is 0 Å². The van der Waals surface area contributed by atoms with Crippen molar-refractivity contribution in [3.05, 3.63) is 41.5 Å². The maximum atomic E-state index is 12.6. The SMILES string of the molecule is CCC(C)N=C1CC(C)(C)CC(=O)/C1=C(/O)c1ccccc1. The second-order valence-corrected chi connectivity index (χ2v) is 6.86. The highest BCUT2D eigenvalue weighted by molar-refractivity contribution is 6.28. The van der Waals surface area contributed by atoms with E-state index in [1.54, 1.807) is 0 Å². The third-order valence-corrected chi connectivity index (χ3v) is 4.10. The van der Waals surface area contributed by atoms with Crippen molar-refractivity contribution in [1.29, 1.82) is 0 Å². The van der Waals surface area contributed by atoms with Gasteiger partial charge in [0.2, 0.25) is 0 Å². The molecule has 0 spiro atoms. The molecule has 0 radical (unpaired) electrons. The molecule has 0 aliphatic heterocycles. The van der Waals surface area contributed by atoms with Crippen molar-refractivity contribution in [2.75, 3.05) is 0 Å². The molecule has 3 heteroatoms. The topological polar surface area (TPSA) is 49.7 Å². The fourth-order valence-corrected chi connectivity index (χ4v) is 2.76. The molecular weight excluding hydrogens is 274 g/mol. The highest BCUT2D eigenvalue weighted by Gasteiger charge is 2.36. The van der Waals surface area contributed by atoms with Crippen molar-refractivity contribution < 1.29 is 9.90 Å². The number of hydrogen-bond acceptors (Lipinski definition) is 3. The molecule has 1 aromatic carbocycles. The van der Waals surface area contributed by atoms with E-state index < -0.39 is 0 Å². The van der Waals surface area contributed by atoms with E-state index in [0.29, 0.717) is 17.6 Å². The van der Waals surface area contributed by atoms with Crippen molar-refractivity contribution in [1.82, 2.24) is 0 Å². The summed E-state index contributed by atoms with van der Waals surface area (Å²) >= 11 is 0. The van der Waals surface area contributed by atoms with Crippen LogP contribution in [0.15, 0.2) is 40.9 Å². The molecule has 118 valence electrons. The summed E-state index contributed by atoms with van der Waals surface area (Å²) in [5, 5.41) is 10.6. The first-order chi connectivity index (χ1) is 10.3. The van der Waals surface area contributed by atoms with Gasteiger partial charge < -0.3 is 5.11 Å². The number of nitrogens with zero attached hydrogens (tertiary/aromatic N) is 1. The first-order valence-corrected chi connectivity index (χ1v) is 7.93. The van der Waals surface area contributed by atoms with E-state index in [2.05, 4.69) is 20.8 Å². The first-order valence-electron chi connectivity index (χ1n) is 7.93. The second kappa shape index (κ2) is 6.47. The molecule has 0 heterocycles. The molecule has 1 fully saturated rings. The Hall–Kier alpha value is -1.90. The van der Waals surface area contributed by atoms with Crippen molar-refractivity contribution in [2.45, 2.75) is 53.0 Å². The van der Waals surface area contributed by atoms with E-state index in [9.17, 15) is 9.90 Å². The van der Waals surface area contributed by atoms with E-state index in [4.69, 9.17) is 4.99 Å². The average molecular weight is 299 g/mol. The summed E-state index contributed by atoms with van der Waals surface area (Å²) in [5.41, 5.74) is 1.72. The van der Waals surface area contributed by atoms with Gasteiger partial charge in [0, 0.05) is 18.0 Å². The Morgan fingerprint density at radius 2 is 1.91 bits per heavy atom. The Kier molecular flexibility index (Phi) is 4.84. The molecule has 1 aliphatic rings. The molecule has 3 nitrogen and oxygen atoms in total. The number of carbonyl (C=O) groups excluding carboxylic acids is 1. The number of aliphatic imine (C=N–C) groups is 1. The van der Waals surface area contributed by atoms with Crippen LogP contribution >= 0.6 is 0 Å². The van der Waals surface area contributed by atoms with Gasteiger partial charge in [-0.15, -0.1) is 0 Å². The molecule has 0 saturated heterocycles. The van der Waals surface area contributed by atoms with Gasteiger partial charge in [0.1, 0.15) is 5.76 Å². The molecule has 1 saturated carbocycles. The number of rotatable bonds is 3. The summed E-state index contributed by atoms with van der Waals surface area (Å²) in [6.45, 7) is 8.27. The molecule has 1 atom stereocenters. The zero-order chi connectivity index (χ0) is 16.3. The average Bonchev–Trinajstić information content (AvgIpc) is 2.46. The second-order valence-electron chi connectivity index (χ2n) is 6.86. The number of aliphatic hydroxyl groups excluding tert-OH is 1. The van der Waals surface area contributed by atoms with E-state index in [1.165, 1.54) is 0 Å². The Morgan fingerprint density at radius 3 is 2.50 bits per heavy atom. The summed E-state index contributed by atoms with van der Waals surface area (Å²) in [5.74, 6) is 0.0443. The summed E-state index contributed by atoms with van der Waals surface area (Å²) < 4.78 is 0. The monoisotopic (exact) mass is 299 g/mol. The maximum Gasteiger partial charge on any atom is 0.168 e. The minimum absolute atomic E-state index is 0.0142. The predicted octanol–water partition coefficient (Wildman–Crippen LogP) is 4.58.